The number of aryl methyl sites for hydroxylation is 1. The molecule has 1 unspecified atom stereocenters. The summed E-state index contributed by atoms with van der Waals surface area (Å²) >= 11 is 0. The molecule has 2 aromatic rings. The normalized spacial score (nSPS) is 18.2. The first-order chi connectivity index (χ1) is 9.74. The molecule has 0 aromatic heterocycles. The zero-order chi connectivity index (χ0) is 13.9. The second kappa shape index (κ2) is 5.63. The minimum absolute atomic E-state index is 0.184. The van der Waals surface area contributed by atoms with E-state index in [0.29, 0.717) is 0 Å². The van der Waals surface area contributed by atoms with Crippen LogP contribution in [0.25, 0.3) is 0 Å². The molecule has 2 aromatic carbocycles. The third kappa shape index (κ3) is 2.68. The highest BCUT2D eigenvalue weighted by Crippen LogP contribution is 2.28. The summed E-state index contributed by atoms with van der Waals surface area (Å²) in [7, 11) is 0. The molecule has 1 aliphatic heterocycles. The molecule has 3 heteroatoms. The van der Waals surface area contributed by atoms with Crippen LogP contribution < -0.4 is 10.6 Å². The first kappa shape index (κ1) is 13.1. The van der Waals surface area contributed by atoms with Crippen LogP contribution in [-0.2, 0) is 6.54 Å². The van der Waals surface area contributed by atoms with Gasteiger partial charge in [0.1, 0.15) is 5.82 Å². The van der Waals surface area contributed by atoms with Crippen LogP contribution in [0.1, 0.15) is 29.2 Å². The number of fused-ring (bicyclic) bond motifs is 1. The fourth-order valence-electron chi connectivity index (χ4n) is 2.79. The van der Waals surface area contributed by atoms with E-state index in [1.807, 2.05) is 13.0 Å². The molecule has 1 atom stereocenters. The Morgan fingerprint density at radius 2 is 2.05 bits per heavy atom. The average Bonchev–Trinajstić information content (AvgIpc) is 2.65. The minimum Gasteiger partial charge on any atom is -0.378 e. The number of halogens is 1. The summed E-state index contributed by atoms with van der Waals surface area (Å²) in [5.41, 5.74) is 4.62. The summed E-state index contributed by atoms with van der Waals surface area (Å²) < 4.78 is 13.2. The number of benzene rings is 2. The van der Waals surface area contributed by atoms with Gasteiger partial charge in [0, 0.05) is 12.2 Å². The highest BCUT2D eigenvalue weighted by Gasteiger charge is 2.18. The third-order valence-electron chi connectivity index (χ3n) is 3.87. The van der Waals surface area contributed by atoms with E-state index in [9.17, 15) is 4.39 Å². The Labute approximate surface area is 119 Å². The van der Waals surface area contributed by atoms with Crippen molar-refractivity contribution < 1.29 is 4.39 Å². The molecular weight excluding hydrogens is 251 g/mol. The Hall–Kier alpha value is -1.87. The highest BCUT2D eigenvalue weighted by atomic mass is 19.1. The van der Waals surface area contributed by atoms with Crippen LogP contribution in [0.3, 0.4) is 0 Å². The molecule has 104 valence electrons. The van der Waals surface area contributed by atoms with Gasteiger partial charge >= 0.3 is 0 Å². The van der Waals surface area contributed by atoms with Gasteiger partial charge in [0.15, 0.2) is 0 Å². The standard InChI is InChI=1S/C17H19FN2/c1-12-10-14(18)6-7-16(12)20-17-8-9-19-11-13-4-2-3-5-15(13)17/h2-7,10,17,19-20H,8-9,11H2,1H3. The van der Waals surface area contributed by atoms with E-state index in [1.165, 1.54) is 17.2 Å². The number of hydrogen-bond acceptors (Lipinski definition) is 2. The quantitative estimate of drug-likeness (QED) is 0.867. The van der Waals surface area contributed by atoms with Crippen molar-refractivity contribution in [2.45, 2.75) is 25.9 Å². The van der Waals surface area contributed by atoms with E-state index in [-0.39, 0.29) is 11.9 Å². The molecule has 2 nitrogen and oxygen atoms in total. The van der Waals surface area contributed by atoms with Crippen molar-refractivity contribution in [1.29, 1.82) is 0 Å². The van der Waals surface area contributed by atoms with Crippen LogP contribution >= 0.6 is 0 Å². The van der Waals surface area contributed by atoms with Crippen LogP contribution in [0.5, 0.6) is 0 Å². The maximum absolute atomic E-state index is 13.2. The number of anilines is 1. The van der Waals surface area contributed by atoms with E-state index >= 15 is 0 Å². The third-order valence-corrected chi connectivity index (χ3v) is 3.87. The van der Waals surface area contributed by atoms with E-state index in [1.54, 1.807) is 6.07 Å². The van der Waals surface area contributed by atoms with Crippen molar-refractivity contribution in [1.82, 2.24) is 5.32 Å². The molecule has 0 spiro atoms. The van der Waals surface area contributed by atoms with E-state index < -0.39 is 0 Å². The lowest BCUT2D eigenvalue weighted by Gasteiger charge is -2.21. The topological polar surface area (TPSA) is 24.1 Å². The minimum atomic E-state index is -0.184. The molecule has 1 aliphatic rings. The van der Waals surface area contributed by atoms with Crippen molar-refractivity contribution >= 4 is 5.69 Å². The Morgan fingerprint density at radius 3 is 2.90 bits per heavy atom. The van der Waals surface area contributed by atoms with Crippen molar-refractivity contribution in [3.63, 3.8) is 0 Å². The summed E-state index contributed by atoms with van der Waals surface area (Å²) in [6.45, 7) is 3.83. The molecule has 2 N–H and O–H groups in total. The molecular formula is C17H19FN2. The van der Waals surface area contributed by atoms with Crippen molar-refractivity contribution in [3.8, 4) is 0 Å². The fourth-order valence-corrected chi connectivity index (χ4v) is 2.79. The Morgan fingerprint density at radius 1 is 1.20 bits per heavy atom. The Balaban J connectivity index is 1.90. The molecule has 0 fully saturated rings. The van der Waals surface area contributed by atoms with Crippen LogP contribution in [-0.4, -0.2) is 6.54 Å². The number of nitrogens with one attached hydrogen (secondary N) is 2. The van der Waals surface area contributed by atoms with Gasteiger partial charge in [-0.25, -0.2) is 4.39 Å². The number of rotatable bonds is 2. The van der Waals surface area contributed by atoms with Crippen LogP contribution in [0.2, 0.25) is 0 Å². The molecule has 0 bridgehead atoms. The van der Waals surface area contributed by atoms with Crippen LogP contribution in [0.4, 0.5) is 10.1 Å². The molecule has 0 saturated carbocycles. The van der Waals surface area contributed by atoms with Gasteiger partial charge in [-0.3, -0.25) is 0 Å². The predicted molar refractivity (Wildman–Crippen MR) is 80.3 cm³/mol. The van der Waals surface area contributed by atoms with Crippen molar-refractivity contribution in [2.75, 3.05) is 11.9 Å². The predicted octanol–water partition coefficient (Wildman–Crippen LogP) is 3.78. The molecule has 0 aliphatic carbocycles. The van der Waals surface area contributed by atoms with Crippen molar-refractivity contribution in [2.24, 2.45) is 0 Å². The summed E-state index contributed by atoms with van der Waals surface area (Å²) in [4.78, 5) is 0. The first-order valence-electron chi connectivity index (χ1n) is 7.05. The van der Waals surface area contributed by atoms with Gasteiger partial charge in [0.05, 0.1) is 6.04 Å². The molecule has 1 heterocycles. The first-order valence-corrected chi connectivity index (χ1v) is 7.05. The Bertz CT molecular complexity index is 610. The molecule has 0 amide bonds. The molecule has 0 radical (unpaired) electrons. The lowest BCUT2D eigenvalue weighted by atomic mass is 9.98. The monoisotopic (exact) mass is 270 g/mol. The lowest BCUT2D eigenvalue weighted by molar-refractivity contribution is 0.624. The molecule has 3 rings (SSSR count). The second-order valence-electron chi connectivity index (χ2n) is 5.32. The molecule has 20 heavy (non-hydrogen) atoms. The smallest absolute Gasteiger partial charge is 0.123 e. The van der Waals surface area contributed by atoms with Gasteiger partial charge in [0.2, 0.25) is 0 Å². The van der Waals surface area contributed by atoms with Gasteiger partial charge in [-0.1, -0.05) is 24.3 Å². The summed E-state index contributed by atoms with van der Waals surface area (Å²) in [5, 5.41) is 7.01. The van der Waals surface area contributed by atoms with Gasteiger partial charge in [0.25, 0.3) is 0 Å². The van der Waals surface area contributed by atoms with Crippen LogP contribution in [0.15, 0.2) is 42.5 Å². The van der Waals surface area contributed by atoms with Crippen molar-refractivity contribution in [3.05, 3.63) is 65.0 Å². The average molecular weight is 270 g/mol. The maximum atomic E-state index is 13.2. The van der Waals surface area contributed by atoms with E-state index in [2.05, 4.69) is 34.9 Å². The zero-order valence-electron chi connectivity index (χ0n) is 11.6. The number of hydrogen-bond donors (Lipinski definition) is 2. The summed E-state index contributed by atoms with van der Waals surface area (Å²) in [6, 6.07) is 13.7. The zero-order valence-corrected chi connectivity index (χ0v) is 11.6. The fraction of sp³-hybridized carbons (Fsp3) is 0.294. The van der Waals surface area contributed by atoms with Gasteiger partial charge < -0.3 is 10.6 Å². The van der Waals surface area contributed by atoms with Gasteiger partial charge in [-0.15, -0.1) is 0 Å². The Kier molecular flexibility index (Phi) is 3.70. The van der Waals surface area contributed by atoms with E-state index in [4.69, 9.17) is 0 Å². The highest BCUT2D eigenvalue weighted by molar-refractivity contribution is 5.53. The maximum Gasteiger partial charge on any atom is 0.123 e. The van der Waals surface area contributed by atoms with Gasteiger partial charge in [-0.05, 0) is 54.8 Å². The SMILES string of the molecule is Cc1cc(F)ccc1NC1CCNCc2ccccc21. The molecule has 0 saturated heterocycles. The summed E-state index contributed by atoms with van der Waals surface area (Å²) in [5.74, 6) is -0.184. The van der Waals surface area contributed by atoms with Crippen LogP contribution in [0, 0.1) is 12.7 Å². The lowest BCUT2D eigenvalue weighted by Crippen LogP contribution is -2.15. The van der Waals surface area contributed by atoms with Gasteiger partial charge in [-0.2, -0.15) is 0 Å². The van der Waals surface area contributed by atoms with E-state index in [0.717, 1.165) is 30.8 Å². The summed E-state index contributed by atoms with van der Waals surface area (Å²) in [6.07, 6.45) is 1.02. The second-order valence-corrected chi connectivity index (χ2v) is 5.32. The largest absolute Gasteiger partial charge is 0.378 e.